The van der Waals surface area contributed by atoms with Crippen LogP contribution >= 0.6 is 11.6 Å². The maximum Gasteiger partial charge on any atom is 0.246 e. The second kappa shape index (κ2) is 7.02. The van der Waals surface area contributed by atoms with Crippen molar-refractivity contribution in [3.8, 4) is 5.69 Å². The average molecular weight is 361 g/mol. The molecule has 1 aliphatic rings. The zero-order chi connectivity index (χ0) is 18.0. The summed E-state index contributed by atoms with van der Waals surface area (Å²) in [6, 6.07) is 5.06. The first kappa shape index (κ1) is 17.1. The molecule has 2 aromatic rings. The Kier molecular flexibility index (Phi) is 4.80. The number of hydrogen-bond acceptors (Lipinski definition) is 5. The van der Waals surface area contributed by atoms with Gasteiger partial charge < -0.3 is 10.2 Å². The summed E-state index contributed by atoms with van der Waals surface area (Å²) in [7, 11) is 1.53. The van der Waals surface area contributed by atoms with Crippen molar-refractivity contribution in [1.82, 2.24) is 25.1 Å². The van der Waals surface area contributed by atoms with E-state index in [4.69, 9.17) is 11.6 Å². The molecule has 0 aliphatic heterocycles. The molecule has 3 rings (SSSR count). The number of tetrazole rings is 1. The van der Waals surface area contributed by atoms with E-state index in [-0.39, 0.29) is 18.4 Å². The van der Waals surface area contributed by atoms with Crippen LogP contribution in [-0.4, -0.2) is 50.5 Å². The molecular formula is C16H17ClN6O2. The van der Waals surface area contributed by atoms with Gasteiger partial charge in [0.05, 0.1) is 17.3 Å². The first-order chi connectivity index (χ1) is 12.0. The van der Waals surface area contributed by atoms with Gasteiger partial charge in [0.25, 0.3) is 0 Å². The van der Waals surface area contributed by atoms with Crippen molar-refractivity contribution in [2.24, 2.45) is 0 Å². The smallest absolute Gasteiger partial charge is 0.246 e. The molecule has 9 heteroatoms. The molecule has 0 unspecified atom stereocenters. The van der Waals surface area contributed by atoms with Gasteiger partial charge in [0.2, 0.25) is 11.8 Å². The highest BCUT2D eigenvalue weighted by Crippen LogP contribution is 2.39. The molecular weight excluding hydrogens is 344 g/mol. The molecule has 0 saturated heterocycles. The fraction of sp³-hybridized carbons (Fsp3) is 0.312. The third-order valence-corrected chi connectivity index (χ3v) is 4.15. The number of halogens is 1. The minimum absolute atomic E-state index is 0.0823. The number of nitrogens with one attached hydrogen (secondary N) is 1. The van der Waals surface area contributed by atoms with E-state index in [9.17, 15) is 9.59 Å². The number of aromatic nitrogens is 4. The molecule has 130 valence electrons. The number of likely N-dealkylation sites (N-methyl/N-ethyl adjacent to an activating group) is 1. The van der Waals surface area contributed by atoms with Crippen molar-refractivity contribution in [3.05, 3.63) is 41.7 Å². The van der Waals surface area contributed by atoms with E-state index in [0.29, 0.717) is 22.3 Å². The summed E-state index contributed by atoms with van der Waals surface area (Å²) in [5.74, 6) is 0.462. The van der Waals surface area contributed by atoms with Gasteiger partial charge in [-0.2, -0.15) is 4.68 Å². The quantitative estimate of drug-likeness (QED) is 0.792. The fourth-order valence-electron chi connectivity index (χ4n) is 2.36. The highest BCUT2D eigenvalue weighted by molar-refractivity contribution is 6.32. The molecule has 1 aromatic carbocycles. The number of anilines is 1. The molecule has 0 atom stereocenters. The molecule has 2 amide bonds. The number of carbonyl (C=O) groups excluding carboxylic acids is 2. The topological polar surface area (TPSA) is 93.0 Å². The number of nitrogens with zero attached hydrogens (tertiary/aromatic N) is 5. The normalized spacial score (nSPS) is 13.4. The molecule has 1 aromatic heterocycles. The van der Waals surface area contributed by atoms with Crippen molar-refractivity contribution in [1.29, 1.82) is 0 Å². The van der Waals surface area contributed by atoms with Crippen LogP contribution in [0.5, 0.6) is 0 Å². The Bertz CT molecular complexity index is 830. The predicted molar refractivity (Wildman–Crippen MR) is 92.6 cm³/mol. The maximum absolute atomic E-state index is 12.1. The highest BCUT2D eigenvalue weighted by Gasteiger charge is 2.30. The minimum Gasteiger partial charge on any atom is -0.333 e. The monoisotopic (exact) mass is 360 g/mol. The van der Waals surface area contributed by atoms with Gasteiger partial charge >= 0.3 is 0 Å². The Morgan fingerprint density at radius 3 is 2.92 bits per heavy atom. The lowest BCUT2D eigenvalue weighted by molar-refractivity contribution is -0.129. The lowest BCUT2D eigenvalue weighted by atomic mass is 10.2. The minimum atomic E-state index is -0.329. The third kappa shape index (κ3) is 3.85. The summed E-state index contributed by atoms with van der Waals surface area (Å²) in [5, 5.41) is 15.0. The number of hydrogen-bond donors (Lipinski definition) is 1. The van der Waals surface area contributed by atoms with Crippen LogP contribution in [0.4, 0.5) is 5.69 Å². The molecule has 0 spiro atoms. The van der Waals surface area contributed by atoms with E-state index in [1.807, 2.05) is 0 Å². The van der Waals surface area contributed by atoms with Crippen molar-refractivity contribution >= 4 is 29.1 Å². The van der Waals surface area contributed by atoms with Gasteiger partial charge in [-0.25, -0.2) is 0 Å². The van der Waals surface area contributed by atoms with E-state index in [1.54, 1.807) is 22.9 Å². The van der Waals surface area contributed by atoms with Crippen LogP contribution in [0.25, 0.3) is 5.69 Å². The Balaban J connectivity index is 1.77. The third-order valence-electron chi connectivity index (χ3n) is 3.83. The average Bonchev–Trinajstić information content (AvgIpc) is 3.32. The van der Waals surface area contributed by atoms with Crippen molar-refractivity contribution in [2.45, 2.75) is 18.8 Å². The molecule has 0 bridgehead atoms. The maximum atomic E-state index is 12.1. The van der Waals surface area contributed by atoms with Crippen LogP contribution < -0.4 is 5.32 Å². The lowest BCUT2D eigenvalue weighted by Gasteiger charge is -2.15. The summed E-state index contributed by atoms with van der Waals surface area (Å²) < 4.78 is 1.60. The first-order valence-electron chi connectivity index (χ1n) is 7.75. The number of amides is 2. The van der Waals surface area contributed by atoms with Gasteiger partial charge in [-0.05, 0) is 47.5 Å². The van der Waals surface area contributed by atoms with Gasteiger partial charge in [0.1, 0.15) is 0 Å². The molecule has 25 heavy (non-hydrogen) atoms. The summed E-state index contributed by atoms with van der Waals surface area (Å²) in [6.45, 7) is 3.31. The summed E-state index contributed by atoms with van der Waals surface area (Å²) >= 11 is 6.27. The van der Waals surface area contributed by atoms with Crippen molar-refractivity contribution in [2.75, 3.05) is 18.9 Å². The zero-order valence-electron chi connectivity index (χ0n) is 13.6. The summed E-state index contributed by atoms with van der Waals surface area (Å²) in [5.41, 5.74) is 1.14. The molecule has 8 nitrogen and oxygen atoms in total. The van der Waals surface area contributed by atoms with Crippen LogP contribution in [-0.2, 0) is 9.59 Å². The second-order valence-electron chi connectivity index (χ2n) is 5.84. The molecule has 1 heterocycles. The SMILES string of the molecule is C=CC(=O)N(C)CC(=O)Nc1ccc(Cl)c(-n2nnnc2C2CC2)c1. The van der Waals surface area contributed by atoms with Gasteiger partial charge in [-0.1, -0.05) is 18.2 Å². The zero-order valence-corrected chi connectivity index (χ0v) is 14.4. The van der Waals surface area contributed by atoms with Gasteiger partial charge in [-0.3, -0.25) is 9.59 Å². The van der Waals surface area contributed by atoms with E-state index >= 15 is 0 Å². The van der Waals surface area contributed by atoms with E-state index in [1.165, 1.54) is 11.9 Å². The van der Waals surface area contributed by atoms with Crippen LogP contribution in [0.3, 0.4) is 0 Å². The van der Waals surface area contributed by atoms with E-state index < -0.39 is 0 Å². The van der Waals surface area contributed by atoms with Gasteiger partial charge in [0, 0.05) is 18.7 Å². The van der Waals surface area contributed by atoms with Crippen molar-refractivity contribution < 1.29 is 9.59 Å². The Morgan fingerprint density at radius 2 is 2.24 bits per heavy atom. The fourth-order valence-corrected chi connectivity index (χ4v) is 2.56. The van der Waals surface area contributed by atoms with E-state index in [2.05, 4.69) is 27.4 Å². The molecule has 1 saturated carbocycles. The largest absolute Gasteiger partial charge is 0.333 e. The number of rotatable bonds is 6. The molecule has 1 aliphatic carbocycles. The molecule has 1 fully saturated rings. The number of carbonyl (C=O) groups is 2. The summed E-state index contributed by atoms with van der Waals surface area (Å²) in [4.78, 5) is 24.8. The van der Waals surface area contributed by atoms with Crippen molar-refractivity contribution in [3.63, 3.8) is 0 Å². The second-order valence-corrected chi connectivity index (χ2v) is 6.24. The Hall–Kier alpha value is -2.74. The van der Waals surface area contributed by atoms with Crippen LogP contribution in [0, 0.1) is 0 Å². The highest BCUT2D eigenvalue weighted by atomic mass is 35.5. The van der Waals surface area contributed by atoms with Crippen LogP contribution in [0.2, 0.25) is 5.02 Å². The molecule has 0 radical (unpaired) electrons. The first-order valence-corrected chi connectivity index (χ1v) is 8.13. The molecule has 1 N–H and O–H groups in total. The van der Waals surface area contributed by atoms with Gasteiger partial charge in [-0.15, -0.1) is 5.10 Å². The lowest BCUT2D eigenvalue weighted by Crippen LogP contribution is -2.33. The Labute approximate surface area is 149 Å². The van der Waals surface area contributed by atoms with Crippen LogP contribution in [0.15, 0.2) is 30.9 Å². The number of benzene rings is 1. The van der Waals surface area contributed by atoms with Gasteiger partial charge in [0.15, 0.2) is 5.82 Å². The standard InChI is InChI=1S/C16H17ClN6O2/c1-3-15(25)22(2)9-14(24)18-11-6-7-12(17)13(8-11)23-16(10-4-5-10)19-20-21-23/h3,6-8,10H,1,4-5,9H2,2H3,(H,18,24). The Morgan fingerprint density at radius 1 is 1.48 bits per heavy atom. The summed E-state index contributed by atoms with van der Waals surface area (Å²) in [6.07, 6.45) is 3.26. The van der Waals surface area contributed by atoms with Crippen LogP contribution in [0.1, 0.15) is 24.6 Å². The van der Waals surface area contributed by atoms with E-state index in [0.717, 1.165) is 24.7 Å². The predicted octanol–water partition coefficient (Wildman–Crippen LogP) is 1.78.